The zero-order valence-electron chi connectivity index (χ0n) is 16.9. The van der Waals surface area contributed by atoms with Crippen LogP contribution in [0.25, 0.3) is 0 Å². The minimum absolute atomic E-state index is 0.0190. The highest BCUT2D eigenvalue weighted by Gasteiger charge is 2.25. The summed E-state index contributed by atoms with van der Waals surface area (Å²) in [5.74, 6) is 0.574. The number of methoxy groups -OCH3 is 1. The zero-order chi connectivity index (χ0) is 21.0. The molecule has 0 unspecified atom stereocenters. The van der Waals surface area contributed by atoms with Crippen molar-refractivity contribution in [3.8, 4) is 5.75 Å². The highest BCUT2D eigenvalue weighted by atomic mass is 32.2. The molecule has 2 aromatic carbocycles. The molecule has 3 rings (SSSR count). The van der Waals surface area contributed by atoms with Gasteiger partial charge in [-0.1, -0.05) is 6.92 Å². The van der Waals surface area contributed by atoms with Crippen molar-refractivity contribution in [3.05, 3.63) is 47.5 Å². The minimum atomic E-state index is -3.74. The molecular formula is C21H26N2O5S. The van der Waals surface area contributed by atoms with Crippen molar-refractivity contribution in [2.75, 3.05) is 36.5 Å². The topological polar surface area (TPSA) is 84.9 Å². The van der Waals surface area contributed by atoms with Gasteiger partial charge in [-0.25, -0.2) is 8.42 Å². The van der Waals surface area contributed by atoms with Gasteiger partial charge >= 0.3 is 0 Å². The fourth-order valence-electron chi connectivity index (χ4n) is 3.30. The molecule has 8 heteroatoms. The largest absolute Gasteiger partial charge is 0.493 e. The number of fused-ring (bicyclic) bond motifs is 1. The molecule has 156 valence electrons. The van der Waals surface area contributed by atoms with Crippen LogP contribution in [0.4, 0.5) is 11.4 Å². The quantitative estimate of drug-likeness (QED) is 0.712. The summed E-state index contributed by atoms with van der Waals surface area (Å²) in [4.78, 5) is 14.0. The van der Waals surface area contributed by atoms with Crippen LogP contribution in [-0.4, -0.2) is 41.2 Å². The molecule has 1 heterocycles. The Balaban J connectivity index is 1.78. The second kappa shape index (κ2) is 8.84. The van der Waals surface area contributed by atoms with Gasteiger partial charge in [0, 0.05) is 25.0 Å². The predicted molar refractivity (Wildman–Crippen MR) is 112 cm³/mol. The van der Waals surface area contributed by atoms with Gasteiger partial charge in [-0.3, -0.25) is 9.52 Å². The van der Waals surface area contributed by atoms with Crippen molar-refractivity contribution >= 4 is 27.3 Å². The summed E-state index contributed by atoms with van der Waals surface area (Å²) in [5, 5.41) is 0. The van der Waals surface area contributed by atoms with Crippen LogP contribution < -0.4 is 14.4 Å². The van der Waals surface area contributed by atoms with Crippen molar-refractivity contribution in [1.29, 1.82) is 0 Å². The lowest BCUT2D eigenvalue weighted by Gasteiger charge is -2.17. The van der Waals surface area contributed by atoms with Gasteiger partial charge in [0.25, 0.3) is 15.9 Å². The number of rotatable bonds is 8. The number of hydrogen-bond donors (Lipinski definition) is 1. The highest BCUT2D eigenvalue weighted by Crippen LogP contribution is 2.31. The van der Waals surface area contributed by atoms with Crippen molar-refractivity contribution < 1.29 is 22.7 Å². The Kier molecular flexibility index (Phi) is 6.44. The summed E-state index contributed by atoms with van der Waals surface area (Å²) in [6, 6.07) is 10.0. The normalized spacial score (nSPS) is 13.3. The van der Waals surface area contributed by atoms with E-state index in [1.54, 1.807) is 41.3 Å². The van der Waals surface area contributed by atoms with E-state index >= 15 is 0 Å². The number of hydrogen-bond acceptors (Lipinski definition) is 5. The number of aryl methyl sites for hydroxylation is 1. The summed E-state index contributed by atoms with van der Waals surface area (Å²) in [6.07, 6.45) is 1.55. The minimum Gasteiger partial charge on any atom is -0.493 e. The van der Waals surface area contributed by atoms with Crippen LogP contribution >= 0.6 is 0 Å². The van der Waals surface area contributed by atoms with E-state index in [1.165, 1.54) is 7.11 Å². The number of nitrogens with one attached hydrogen (secondary N) is 1. The number of sulfonamides is 1. The van der Waals surface area contributed by atoms with Gasteiger partial charge in [-0.05, 0) is 67.3 Å². The van der Waals surface area contributed by atoms with E-state index in [-0.39, 0.29) is 17.4 Å². The predicted octanol–water partition coefficient (Wildman–Crippen LogP) is 3.12. The fourth-order valence-corrected chi connectivity index (χ4v) is 4.44. The molecule has 1 aliphatic rings. The molecule has 1 aliphatic heterocycles. The van der Waals surface area contributed by atoms with Crippen LogP contribution in [0.15, 0.2) is 41.3 Å². The van der Waals surface area contributed by atoms with Crippen LogP contribution in [0.2, 0.25) is 0 Å². The number of amides is 1. The summed E-state index contributed by atoms with van der Waals surface area (Å²) < 4.78 is 38.8. The Bertz CT molecular complexity index is 1000. The first-order chi connectivity index (χ1) is 13.9. The van der Waals surface area contributed by atoms with Gasteiger partial charge < -0.3 is 14.4 Å². The first-order valence-corrected chi connectivity index (χ1v) is 11.0. The molecule has 0 aromatic heterocycles. The number of carbonyl (C=O) groups excluding carboxylic acids is 1. The molecule has 0 aliphatic carbocycles. The van der Waals surface area contributed by atoms with Gasteiger partial charge in [0.2, 0.25) is 0 Å². The van der Waals surface area contributed by atoms with E-state index in [9.17, 15) is 13.2 Å². The molecule has 0 bridgehead atoms. The third-order valence-corrected chi connectivity index (χ3v) is 6.09. The van der Waals surface area contributed by atoms with Crippen LogP contribution in [0.1, 0.15) is 24.5 Å². The maximum absolute atomic E-state index is 12.8. The standard InChI is InChI=1S/C21H26N2O5S/c1-4-11-28-20-8-6-18(12-15(20)2)29(25,26)22-17-5-7-19-16(13-17)9-10-23(19)21(24)14-27-3/h5-8,12-13,22H,4,9-11,14H2,1-3H3. The second-order valence-electron chi connectivity index (χ2n) is 6.95. The van der Waals surface area contributed by atoms with Gasteiger partial charge in [-0.2, -0.15) is 0 Å². The summed E-state index contributed by atoms with van der Waals surface area (Å²) >= 11 is 0. The molecule has 1 amide bonds. The van der Waals surface area contributed by atoms with Crippen LogP contribution in [0.5, 0.6) is 5.75 Å². The molecule has 0 radical (unpaired) electrons. The highest BCUT2D eigenvalue weighted by molar-refractivity contribution is 7.92. The smallest absolute Gasteiger partial charge is 0.261 e. The molecule has 2 aromatic rings. The molecule has 7 nitrogen and oxygen atoms in total. The molecular weight excluding hydrogens is 392 g/mol. The van der Waals surface area contributed by atoms with E-state index < -0.39 is 10.0 Å². The molecule has 0 spiro atoms. The number of anilines is 2. The third kappa shape index (κ3) is 4.71. The summed E-state index contributed by atoms with van der Waals surface area (Å²) in [6.45, 7) is 5.01. The molecule has 0 atom stereocenters. The van der Waals surface area contributed by atoms with Gasteiger partial charge in [0.05, 0.1) is 11.5 Å². The van der Waals surface area contributed by atoms with Crippen LogP contribution in [0, 0.1) is 6.92 Å². The first kappa shape index (κ1) is 21.1. The van der Waals surface area contributed by atoms with E-state index in [4.69, 9.17) is 9.47 Å². The van der Waals surface area contributed by atoms with Crippen molar-refractivity contribution in [3.63, 3.8) is 0 Å². The molecule has 0 fully saturated rings. The lowest BCUT2D eigenvalue weighted by molar-refractivity contribution is -0.122. The SMILES string of the molecule is CCCOc1ccc(S(=O)(=O)Nc2ccc3c(c2)CCN3C(=O)COC)cc1C. The lowest BCUT2D eigenvalue weighted by Crippen LogP contribution is -2.31. The van der Waals surface area contributed by atoms with Crippen molar-refractivity contribution in [1.82, 2.24) is 0 Å². The van der Waals surface area contributed by atoms with Crippen molar-refractivity contribution in [2.24, 2.45) is 0 Å². The lowest BCUT2D eigenvalue weighted by atomic mass is 10.1. The number of carbonyl (C=O) groups is 1. The van der Waals surface area contributed by atoms with E-state index in [2.05, 4.69) is 4.72 Å². The Morgan fingerprint density at radius 3 is 2.69 bits per heavy atom. The Labute approximate surface area is 171 Å². The van der Waals surface area contributed by atoms with E-state index in [0.717, 1.165) is 23.2 Å². The van der Waals surface area contributed by atoms with Gasteiger partial charge in [-0.15, -0.1) is 0 Å². The van der Waals surface area contributed by atoms with E-state index in [1.807, 2.05) is 13.8 Å². The van der Waals surface area contributed by atoms with E-state index in [0.29, 0.717) is 31.0 Å². The molecule has 0 saturated carbocycles. The summed E-state index contributed by atoms with van der Waals surface area (Å²) in [7, 11) is -2.25. The third-order valence-electron chi connectivity index (χ3n) is 4.71. The monoisotopic (exact) mass is 418 g/mol. The number of ether oxygens (including phenoxy) is 2. The molecule has 0 saturated heterocycles. The Hall–Kier alpha value is -2.58. The van der Waals surface area contributed by atoms with Gasteiger partial charge in [0.1, 0.15) is 12.4 Å². The molecule has 29 heavy (non-hydrogen) atoms. The Morgan fingerprint density at radius 1 is 1.21 bits per heavy atom. The second-order valence-corrected chi connectivity index (χ2v) is 8.64. The summed E-state index contributed by atoms with van der Waals surface area (Å²) in [5.41, 5.74) is 2.95. The first-order valence-electron chi connectivity index (χ1n) is 9.54. The van der Waals surface area contributed by atoms with Gasteiger partial charge in [0.15, 0.2) is 0 Å². The average Bonchev–Trinajstić information content (AvgIpc) is 3.10. The zero-order valence-corrected chi connectivity index (χ0v) is 17.7. The van der Waals surface area contributed by atoms with Crippen LogP contribution in [0.3, 0.4) is 0 Å². The Morgan fingerprint density at radius 2 is 2.00 bits per heavy atom. The fraction of sp³-hybridized carbons (Fsp3) is 0.381. The van der Waals surface area contributed by atoms with Crippen LogP contribution in [-0.2, 0) is 26.0 Å². The number of nitrogens with zero attached hydrogens (tertiary/aromatic N) is 1. The molecule has 1 N–H and O–H groups in total. The average molecular weight is 419 g/mol. The maximum Gasteiger partial charge on any atom is 0.261 e. The maximum atomic E-state index is 12.8. The van der Waals surface area contributed by atoms with Crippen molar-refractivity contribution in [2.45, 2.75) is 31.6 Å². The number of benzene rings is 2.